The summed E-state index contributed by atoms with van der Waals surface area (Å²) >= 11 is 0. The maximum atomic E-state index is 12.5. The fourth-order valence-corrected chi connectivity index (χ4v) is 5.69. The van der Waals surface area contributed by atoms with Gasteiger partial charge in [0.25, 0.3) is 0 Å². The van der Waals surface area contributed by atoms with E-state index in [2.05, 4.69) is 33.8 Å². The molecule has 0 amide bonds. The quantitative estimate of drug-likeness (QED) is 0.525. The number of fused-ring (bicyclic) bond motifs is 2. The van der Waals surface area contributed by atoms with Crippen LogP contribution in [-0.2, 0) is 19.1 Å². The summed E-state index contributed by atoms with van der Waals surface area (Å²) in [5.74, 6) is 1.55. The van der Waals surface area contributed by atoms with Crippen LogP contribution in [-0.4, -0.2) is 24.5 Å². The van der Waals surface area contributed by atoms with E-state index in [0.29, 0.717) is 31.1 Å². The summed E-state index contributed by atoms with van der Waals surface area (Å²) < 4.78 is 11.6. The van der Waals surface area contributed by atoms with Crippen LogP contribution in [0.5, 0.6) is 0 Å². The first kappa shape index (κ1) is 19.2. The van der Waals surface area contributed by atoms with Crippen molar-refractivity contribution in [2.45, 2.75) is 59.5 Å². The van der Waals surface area contributed by atoms with Crippen molar-refractivity contribution in [3.05, 3.63) is 47.3 Å². The van der Waals surface area contributed by atoms with Gasteiger partial charge in [0, 0.05) is 23.8 Å². The highest BCUT2D eigenvalue weighted by Crippen LogP contribution is 2.58. The largest absolute Gasteiger partial charge is 0.493 e. The maximum absolute atomic E-state index is 12.5. The molecule has 0 spiro atoms. The molecule has 1 fully saturated rings. The second kappa shape index (κ2) is 6.75. The average molecular weight is 383 g/mol. The van der Waals surface area contributed by atoms with Crippen LogP contribution in [0.15, 0.2) is 47.3 Å². The van der Waals surface area contributed by atoms with E-state index in [0.717, 1.165) is 24.2 Å². The lowest BCUT2D eigenvalue weighted by Crippen LogP contribution is -2.53. The number of ketones is 1. The van der Waals surface area contributed by atoms with Gasteiger partial charge in [0.1, 0.15) is 17.6 Å². The first-order chi connectivity index (χ1) is 13.2. The highest BCUT2D eigenvalue weighted by molar-refractivity contribution is 5.85. The number of allylic oxidation sites excluding steroid dienone is 2. The zero-order chi connectivity index (χ0) is 20.1. The zero-order valence-electron chi connectivity index (χ0n) is 17.3. The molecular weight excluding hydrogens is 352 g/mol. The first-order valence-electron chi connectivity index (χ1n) is 10.3. The Kier molecular flexibility index (Phi) is 4.64. The molecule has 1 heterocycles. The number of Topliss-reactive ketones (excluding diaryl/α,β-unsaturated/α-hetero) is 1. The monoisotopic (exact) mass is 382 g/mol. The summed E-state index contributed by atoms with van der Waals surface area (Å²) in [6.07, 6.45) is 12.6. The van der Waals surface area contributed by atoms with Gasteiger partial charge < -0.3 is 9.47 Å². The SMILES string of the molecule is CC1=CC[C@@H]2C(C)(C)C(=O)CC[C@]2(C)[C@@H]1COC1=C[C@H]2OC(=O)CC=C2C=C1. The second-order valence-corrected chi connectivity index (χ2v) is 9.47. The van der Waals surface area contributed by atoms with Gasteiger partial charge in [-0.05, 0) is 42.7 Å². The van der Waals surface area contributed by atoms with Crippen molar-refractivity contribution in [3.63, 3.8) is 0 Å². The molecule has 0 radical (unpaired) electrons. The molecule has 1 aliphatic heterocycles. The molecule has 0 aromatic carbocycles. The third-order valence-corrected chi connectivity index (χ3v) is 7.56. The van der Waals surface area contributed by atoms with Crippen molar-refractivity contribution in [2.75, 3.05) is 6.61 Å². The van der Waals surface area contributed by atoms with Crippen LogP contribution in [0.3, 0.4) is 0 Å². The molecule has 4 rings (SSSR count). The minimum Gasteiger partial charge on any atom is -0.493 e. The minimum absolute atomic E-state index is 0.0531. The molecule has 1 saturated carbocycles. The van der Waals surface area contributed by atoms with Gasteiger partial charge in [-0.15, -0.1) is 0 Å². The maximum Gasteiger partial charge on any atom is 0.310 e. The number of hydrogen-bond donors (Lipinski definition) is 0. The van der Waals surface area contributed by atoms with E-state index in [1.807, 2.05) is 24.3 Å². The van der Waals surface area contributed by atoms with Crippen molar-refractivity contribution < 1.29 is 19.1 Å². The molecule has 4 aliphatic rings. The van der Waals surface area contributed by atoms with Gasteiger partial charge in [-0.25, -0.2) is 0 Å². The van der Waals surface area contributed by atoms with Gasteiger partial charge in [-0.1, -0.05) is 44.6 Å². The molecular formula is C24H30O4. The molecule has 28 heavy (non-hydrogen) atoms. The van der Waals surface area contributed by atoms with Crippen LogP contribution >= 0.6 is 0 Å². The number of carbonyl (C=O) groups excluding carboxylic acids is 2. The van der Waals surface area contributed by atoms with E-state index in [4.69, 9.17) is 9.47 Å². The molecule has 0 aromatic rings. The van der Waals surface area contributed by atoms with Crippen LogP contribution in [0.4, 0.5) is 0 Å². The molecule has 150 valence electrons. The average Bonchev–Trinajstić information content (AvgIpc) is 2.64. The molecule has 0 unspecified atom stereocenters. The molecule has 0 aromatic heterocycles. The van der Waals surface area contributed by atoms with Crippen LogP contribution in [0, 0.1) is 22.7 Å². The number of carbonyl (C=O) groups is 2. The Morgan fingerprint density at radius 1 is 1.18 bits per heavy atom. The molecule has 4 heteroatoms. The van der Waals surface area contributed by atoms with E-state index in [9.17, 15) is 9.59 Å². The van der Waals surface area contributed by atoms with E-state index in [-0.39, 0.29) is 28.8 Å². The van der Waals surface area contributed by atoms with E-state index >= 15 is 0 Å². The summed E-state index contributed by atoms with van der Waals surface area (Å²) in [6.45, 7) is 9.33. The molecule has 4 atom stereocenters. The van der Waals surface area contributed by atoms with Crippen molar-refractivity contribution in [2.24, 2.45) is 22.7 Å². The van der Waals surface area contributed by atoms with E-state index in [1.165, 1.54) is 5.57 Å². The summed E-state index contributed by atoms with van der Waals surface area (Å²) in [6, 6.07) is 0. The van der Waals surface area contributed by atoms with Gasteiger partial charge in [0.15, 0.2) is 0 Å². The Morgan fingerprint density at radius 2 is 1.96 bits per heavy atom. The standard InChI is InChI=1S/C24H30O4/c1-15-5-9-20-23(2,3)21(25)11-12-24(20,4)18(15)14-27-17-8-6-16-7-10-22(26)28-19(16)13-17/h5-8,13,18-20H,9-12,14H2,1-4H3/t18-,19-,20-,24-/m1/s1. The molecule has 0 saturated heterocycles. The predicted octanol–water partition coefficient (Wildman–Crippen LogP) is 4.68. The number of esters is 1. The molecule has 0 bridgehead atoms. The van der Waals surface area contributed by atoms with E-state index in [1.54, 1.807) is 0 Å². The van der Waals surface area contributed by atoms with Gasteiger partial charge in [0.05, 0.1) is 13.0 Å². The van der Waals surface area contributed by atoms with Crippen LogP contribution in [0.1, 0.15) is 53.4 Å². The normalized spacial score (nSPS) is 36.4. The van der Waals surface area contributed by atoms with E-state index < -0.39 is 0 Å². The zero-order valence-corrected chi connectivity index (χ0v) is 17.3. The lowest BCUT2D eigenvalue weighted by molar-refractivity contribution is -0.146. The summed E-state index contributed by atoms with van der Waals surface area (Å²) in [7, 11) is 0. The Labute approximate surface area is 167 Å². The summed E-state index contributed by atoms with van der Waals surface area (Å²) in [5.41, 5.74) is 2.13. The Hall–Kier alpha value is -2.10. The number of rotatable bonds is 3. The minimum atomic E-state index is -0.334. The summed E-state index contributed by atoms with van der Waals surface area (Å²) in [5, 5.41) is 0. The third kappa shape index (κ3) is 3.07. The smallest absolute Gasteiger partial charge is 0.310 e. The van der Waals surface area contributed by atoms with Crippen molar-refractivity contribution >= 4 is 11.8 Å². The highest BCUT2D eigenvalue weighted by Gasteiger charge is 2.55. The lowest BCUT2D eigenvalue weighted by atomic mass is 9.48. The first-order valence-corrected chi connectivity index (χ1v) is 10.3. The van der Waals surface area contributed by atoms with Gasteiger partial charge in [-0.2, -0.15) is 0 Å². The van der Waals surface area contributed by atoms with Crippen LogP contribution in [0.25, 0.3) is 0 Å². The Morgan fingerprint density at radius 3 is 2.75 bits per heavy atom. The van der Waals surface area contributed by atoms with Crippen LogP contribution in [0.2, 0.25) is 0 Å². The van der Waals surface area contributed by atoms with Crippen molar-refractivity contribution in [3.8, 4) is 0 Å². The molecule has 0 N–H and O–H groups in total. The third-order valence-electron chi connectivity index (χ3n) is 7.56. The lowest BCUT2D eigenvalue weighted by Gasteiger charge is -2.55. The van der Waals surface area contributed by atoms with Gasteiger partial charge in [-0.3, -0.25) is 9.59 Å². The van der Waals surface area contributed by atoms with Crippen molar-refractivity contribution in [1.82, 2.24) is 0 Å². The second-order valence-electron chi connectivity index (χ2n) is 9.47. The summed E-state index contributed by atoms with van der Waals surface area (Å²) in [4.78, 5) is 24.1. The Bertz CT molecular complexity index is 826. The Balaban J connectivity index is 1.52. The highest BCUT2D eigenvalue weighted by atomic mass is 16.5. The number of hydrogen-bond acceptors (Lipinski definition) is 4. The van der Waals surface area contributed by atoms with Gasteiger partial charge in [0.2, 0.25) is 0 Å². The molecule has 4 nitrogen and oxygen atoms in total. The topological polar surface area (TPSA) is 52.6 Å². The van der Waals surface area contributed by atoms with Gasteiger partial charge >= 0.3 is 5.97 Å². The molecule has 3 aliphatic carbocycles. The predicted molar refractivity (Wildman–Crippen MR) is 107 cm³/mol. The van der Waals surface area contributed by atoms with Crippen molar-refractivity contribution in [1.29, 1.82) is 0 Å². The fraction of sp³-hybridized carbons (Fsp3) is 0.583. The van der Waals surface area contributed by atoms with Crippen LogP contribution < -0.4 is 0 Å². The fourth-order valence-electron chi connectivity index (χ4n) is 5.69. The number of ether oxygens (including phenoxy) is 2.